The van der Waals surface area contributed by atoms with Crippen molar-refractivity contribution >= 4 is 13.6 Å². The Morgan fingerprint density at radius 2 is 1.06 bits per heavy atom. The minimum absolute atomic E-state index is 0.0300. The highest BCUT2D eigenvalue weighted by atomic mass is 31.2. The third-order valence-corrected chi connectivity index (χ3v) is 11.4. The van der Waals surface area contributed by atoms with Crippen LogP contribution in [-0.4, -0.2) is 38.1 Å². The molecule has 1 aliphatic rings. The van der Waals surface area contributed by atoms with Crippen LogP contribution in [0.15, 0.2) is 24.5 Å². The summed E-state index contributed by atoms with van der Waals surface area (Å²) in [4.78, 5) is 12.6. The minimum Gasteiger partial charge on any atom is -0.498 e. The third-order valence-electron chi connectivity index (χ3n) is 9.46. The van der Waals surface area contributed by atoms with Crippen molar-refractivity contribution in [2.75, 3.05) is 26.0 Å². The molecule has 1 fully saturated rings. The van der Waals surface area contributed by atoms with Crippen LogP contribution in [0.25, 0.3) is 0 Å². The fourth-order valence-corrected chi connectivity index (χ4v) is 7.93. The van der Waals surface area contributed by atoms with Gasteiger partial charge in [-0.05, 0) is 57.4 Å². The Morgan fingerprint density at radius 3 is 1.53 bits per heavy atom. The summed E-state index contributed by atoms with van der Waals surface area (Å²) in [5.41, 5.74) is 0. The van der Waals surface area contributed by atoms with Gasteiger partial charge in [0, 0.05) is 6.42 Å². The monoisotopic (exact) mass is 711 g/mol. The smallest absolute Gasteiger partial charge is 0.330 e. The molecule has 1 aliphatic heterocycles. The first-order valence-corrected chi connectivity index (χ1v) is 22.8. The maximum atomic E-state index is 12.6. The highest BCUT2D eigenvalue weighted by molar-refractivity contribution is 7.54. The highest BCUT2D eigenvalue weighted by Gasteiger charge is 2.31. The molecule has 0 N–H and O–H groups in total. The first-order valence-electron chi connectivity index (χ1n) is 21.1. The summed E-state index contributed by atoms with van der Waals surface area (Å²) in [6, 6.07) is 0. The van der Waals surface area contributed by atoms with E-state index in [4.69, 9.17) is 18.5 Å². The molecule has 0 bridgehead atoms. The topological polar surface area (TPSA) is 71.1 Å². The molecule has 0 radical (unpaired) electrons. The predicted octanol–water partition coefficient (Wildman–Crippen LogP) is 14.0. The normalized spacial score (nSPS) is 17.0. The van der Waals surface area contributed by atoms with E-state index in [1.807, 2.05) is 6.08 Å². The molecule has 0 aliphatic carbocycles. The van der Waals surface area contributed by atoms with Crippen LogP contribution < -0.4 is 0 Å². The van der Waals surface area contributed by atoms with E-state index in [1.54, 1.807) is 6.26 Å². The lowest BCUT2D eigenvalue weighted by Crippen LogP contribution is -2.27. The number of allylic oxidation sites excluding steroid dienone is 3. The van der Waals surface area contributed by atoms with Crippen molar-refractivity contribution in [3.8, 4) is 0 Å². The molecule has 1 saturated heterocycles. The average molecular weight is 711 g/mol. The molecule has 49 heavy (non-hydrogen) atoms. The summed E-state index contributed by atoms with van der Waals surface area (Å²) >= 11 is 0. The molecule has 0 aromatic carbocycles. The number of carbonyl (C=O) groups is 1. The Balaban J connectivity index is 2.10. The van der Waals surface area contributed by atoms with Crippen molar-refractivity contribution in [1.82, 2.24) is 0 Å². The first-order chi connectivity index (χ1) is 24.1. The molecule has 6 nitrogen and oxygen atoms in total. The third kappa shape index (κ3) is 31.4. The zero-order chi connectivity index (χ0) is 35.4. The second-order valence-corrected chi connectivity index (χ2v) is 16.5. The molecular formula is C42H79O6P. The largest absolute Gasteiger partial charge is 0.498 e. The Labute approximate surface area is 303 Å². The van der Waals surface area contributed by atoms with E-state index in [0.29, 0.717) is 19.2 Å². The van der Waals surface area contributed by atoms with E-state index >= 15 is 0 Å². The molecule has 0 spiro atoms. The van der Waals surface area contributed by atoms with E-state index < -0.39 is 13.7 Å². The fraction of sp³-hybridized carbons (Fsp3) is 0.881. The molecule has 1 heterocycles. The maximum Gasteiger partial charge on any atom is 0.330 e. The van der Waals surface area contributed by atoms with Gasteiger partial charge in [0.2, 0.25) is 0 Å². The van der Waals surface area contributed by atoms with Crippen LogP contribution in [0.5, 0.6) is 0 Å². The van der Waals surface area contributed by atoms with Gasteiger partial charge in [0.1, 0.15) is 6.61 Å². The van der Waals surface area contributed by atoms with Crippen molar-refractivity contribution in [2.24, 2.45) is 0 Å². The van der Waals surface area contributed by atoms with Gasteiger partial charge in [-0.2, -0.15) is 0 Å². The van der Waals surface area contributed by atoms with Gasteiger partial charge < -0.3 is 18.5 Å². The van der Waals surface area contributed by atoms with Crippen molar-refractivity contribution in [3.05, 3.63) is 24.5 Å². The van der Waals surface area contributed by atoms with Crippen molar-refractivity contribution in [3.63, 3.8) is 0 Å². The van der Waals surface area contributed by atoms with Gasteiger partial charge in [0.05, 0.1) is 25.6 Å². The van der Waals surface area contributed by atoms with Gasteiger partial charge in [-0.15, -0.1) is 0 Å². The van der Waals surface area contributed by atoms with Crippen LogP contribution in [0.2, 0.25) is 0 Å². The van der Waals surface area contributed by atoms with Crippen LogP contribution in [0.4, 0.5) is 0 Å². The van der Waals surface area contributed by atoms with E-state index in [0.717, 1.165) is 44.9 Å². The minimum atomic E-state index is -3.07. The van der Waals surface area contributed by atoms with Crippen molar-refractivity contribution < 1.29 is 27.9 Å². The number of carbonyl (C=O) groups excluding carboxylic acids is 1. The van der Waals surface area contributed by atoms with Crippen LogP contribution >= 0.6 is 7.60 Å². The molecule has 0 aromatic heterocycles. The van der Waals surface area contributed by atoms with E-state index in [-0.39, 0.29) is 19.2 Å². The molecule has 7 heteroatoms. The Morgan fingerprint density at radius 1 is 0.612 bits per heavy atom. The number of unbranched alkanes of at least 4 members (excludes halogenated alkanes) is 25. The number of esters is 1. The van der Waals surface area contributed by atoms with Crippen LogP contribution in [-0.2, 0) is 27.9 Å². The van der Waals surface area contributed by atoms with E-state index in [9.17, 15) is 9.36 Å². The Bertz CT molecular complexity index is 818. The van der Waals surface area contributed by atoms with Gasteiger partial charge in [0.15, 0.2) is 6.10 Å². The van der Waals surface area contributed by atoms with Crippen LogP contribution in [0, 0.1) is 0 Å². The lowest BCUT2D eigenvalue weighted by molar-refractivity contribution is -0.153. The summed E-state index contributed by atoms with van der Waals surface area (Å²) < 4.78 is 35.0. The van der Waals surface area contributed by atoms with Crippen molar-refractivity contribution in [2.45, 2.75) is 213 Å². The number of rotatable bonds is 37. The standard InChI is InChI=1S/C42H79O6P/c1-3-5-7-9-11-13-15-17-19-21-23-25-27-29-31-33-36-45-39-41(40-47-49(44)38-34-37-46-49)48-42(43)35-32-30-28-26-24-22-20-18-16-14-12-10-8-6-4-2/h18,20,33,36,41H,3-17,19,21-32,34-35,37-40H2,1-2H3/b20-18-,36-33-. The predicted molar refractivity (Wildman–Crippen MR) is 208 cm³/mol. The number of hydrogen-bond acceptors (Lipinski definition) is 6. The molecule has 0 saturated carbocycles. The van der Waals surface area contributed by atoms with Crippen LogP contribution in [0.1, 0.15) is 206 Å². The van der Waals surface area contributed by atoms with Crippen LogP contribution in [0.3, 0.4) is 0 Å². The first kappa shape index (κ1) is 45.9. The second kappa shape index (κ2) is 35.3. The fourth-order valence-electron chi connectivity index (χ4n) is 6.28. The van der Waals surface area contributed by atoms with Gasteiger partial charge in [-0.3, -0.25) is 9.36 Å². The molecule has 1 rings (SSSR count). The number of hydrogen-bond donors (Lipinski definition) is 0. The summed E-state index contributed by atoms with van der Waals surface area (Å²) in [5.74, 6) is -0.244. The van der Waals surface area contributed by atoms with Gasteiger partial charge >= 0.3 is 13.6 Å². The lowest BCUT2D eigenvalue weighted by Gasteiger charge is -2.19. The Hall–Kier alpha value is -1.10. The van der Waals surface area contributed by atoms with Gasteiger partial charge in [-0.25, -0.2) is 0 Å². The zero-order valence-electron chi connectivity index (χ0n) is 32.3. The van der Waals surface area contributed by atoms with E-state index in [2.05, 4.69) is 26.0 Å². The maximum absolute atomic E-state index is 12.6. The van der Waals surface area contributed by atoms with Gasteiger partial charge in [0.25, 0.3) is 0 Å². The molecule has 0 aromatic rings. The quantitative estimate of drug-likeness (QED) is 0.0210. The molecule has 2 atom stereocenters. The molecule has 0 amide bonds. The summed E-state index contributed by atoms with van der Waals surface area (Å²) in [7, 11) is -3.07. The summed E-state index contributed by atoms with van der Waals surface area (Å²) in [6.07, 6.45) is 45.3. The molecule has 2 unspecified atom stereocenters. The Kier molecular flexibility index (Phi) is 33.1. The second-order valence-electron chi connectivity index (χ2n) is 14.4. The van der Waals surface area contributed by atoms with Crippen molar-refractivity contribution in [1.29, 1.82) is 0 Å². The lowest BCUT2D eigenvalue weighted by atomic mass is 10.0. The molecule has 288 valence electrons. The summed E-state index contributed by atoms with van der Waals surface area (Å²) in [6.45, 7) is 5.22. The number of ether oxygens (including phenoxy) is 2. The zero-order valence-corrected chi connectivity index (χ0v) is 33.2. The average Bonchev–Trinajstić information content (AvgIpc) is 3.54. The van der Waals surface area contributed by atoms with Gasteiger partial charge in [-0.1, -0.05) is 161 Å². The summed E-state index contributed by atoms with van der Waals surface area (Å²) in [5, 5.41) is 0. The highest BCUT2D eigenvalue weighted by Crippen LogP contribution is 2.52. The SMILES string of the molecule is CCCCCCCC/C=C\CCCCCCCC(=O)OC(CO/C=C\CCCCCCCCCCCCCCCC)COP1(=O)CCCO1. The van der Waals surface area contributed by atoms with E-state index in [1.165, 1.54) is 141 Å². The molecular weight excluding hydrogens is 631 g/mol.